The number of benzene rings is 2. The van der Waals surface area contributed by atoms with E-state index >= 15 is 0 Å². The van der Waals surface area contributed by atoms with Crippen LogP contribution in [-0.4, -0.2) is 21.3 Å². The average molecular weight is 327 g/mol. The molecule has 1 atom stereocenters. The maximum absolute atomic E-state index is 5.52. The van der Waals surface area contributed by atoms with E-state index in [1.807, 2.05) is 12.1 Å². The Kier molecular flexibility index (Phi) is 5.26. The molecular formula is C20H25NO3. The quantitative estimate of drug-likeness (QED) is 0.874. The van der Waals surface area contributed by atoms with Crippen molar-refractivity contribution in [3.8, 4) is 17.2 Å². The number of fused-ring (bicyclic) bond motifs is 1. The number of hydrogen-bond acceptors (Lipinski definition) is 4. The summed E-state index contributed by atoms with van der Waals surface area (Å²) >= 11 is 0. The van der Waals surface area contributed by atoms with E-state index in [1.165, 1.54) is 24.0 Å². The van der Waals surface area contributed by atoms with Crippen molar-refractivity contribution < 1.29 is 14.2 Å². The molecule has 1 N–H and O–H groups in total. The highest BCUT2D eigenvalue weighted by molar-refractivity contribution is 5.50. The average Bonchev–Trinajstić information content (AvgIpc) is 2.65. The van der Waals surface area contributed by atoms with E-state index in [-0.39, 0.29) is 0 Å². The van der Waals surface area contributed by atoms with Gasteiger partial charge in [-0.15, -0.1) is 0 Å². The van der Waals surface area contributed by atoms with E-state index < -0.39 is 0 Å². The highest BCUT2D eigenvalue weighted by Crippen LogP contribution is 2.35. The van der Waals surface area contributed by atoms with Crippen LogP contribution in [0.3, 0.4) is 0 Å². The minimum absolute atomic E-state index is 0.382. The maximum atomic E-state index is 5.52. The SMILES string of the molecule is COc1cc(OC)c(OC)cc1CNC1CCCc2ccccc21. The first-order valence-electron chi connectivity index (χ1n) is 8.37. The lowest BCUT2D eigenvalue weighted by Crippen LogP contribution is -2.25. The minimum Gasteiger partial charge on any atom is -0.496 e. The van der Waals surface area contributed by atoms with Gasteiger partial charge in [-0.2, -0.15) is 0 Å². The first-order chi connectivity index (χ1) is 11.8. The Morgan fingerprint density at radius 2 is 1.67 bits per heavy atom. The van der Waals surface area contributed by atoms with Gasteiger partial charge in [0, 0.05) is 24.2 Å². The highest BCUT2D eigenvalue weighted by atomic mass is 16.5. The van der Waals surface area contributed by atoms with Crippen molar-refractivity contribution in [2.45, 2.75) is 31.8 Å². The van der Waals surface area contributed by atoms with Crippen LogP contribution in [0.4, 0.5) is 0 Å². The lowest BCUT2D eigenvalue weighted by atomic mass is 9.87. The van der Waals surface area contributed by atoms with Gasteiger partial charge in [0.15, 0.2) is 11.5 Å². The van der Waals surface area contributed by atoms with Crippen molar-refractivity contribution in [1.29, 1.82) is 0 Å². The molecule has 0 spiro atoms. The van der Waals surface area contributed by atoms with Gasteiger partial charge in [-0.1, -0.05) is 24.3 Å². The van der Waals surface area contributed by atoms with E-state index in [0.29, 0.717) is 11.8 Å². The van der Waals surface area contributed by atoms with Crippen LogP contribution >= 0.6 is 0 Å². The molecule has 0 aliphatic heterocycles. The molecule has 1 aliphatic rings. The molecule has 4 nitrogen and oxygen atoms in total. The first kappa shape index (κ1) is 16.7. The second-order valence-electron chi connectivity index (χ2n) is 6.04. The van der Waals surface area contributed by atoms with E-state index in [1.54, 1.807) is 21.3 Å². The normalized spacial score (nSPS) is 16.4. The van der Waals surface area contributed by atoms with E-state index in [0.717, 1.165) is 30.0 Å². The largest absolute Gasteiger partial charge is 0.496 e. The van der Waals surface area contributed by atoms with E-state index in [9.17, 15) is 0 Å². The predicted octanol–water partition coefficient (Wildman–Crippen LogP) is 3.88. The molecule has 128 valence electrons. The third-order valence-electron chi connectivity index (χ3n) is 4.69. The summed E-state index contributed by atoms with van der Waals surface area (Å²) in [6.45, 7) is 0.725. The molecule has 0 heterocycles. The molecule has 2 aromatic rings. The van der Waals surface area contributed by atoms with Crippen molar-refractivity contribution in [2.24, 2.45) is 0 Å². The zero-order valence-electron chi connectivity index (χ0n) is 14.6. The van der Waals surface area contributed by atoms with Crippen molar-refractivity contribution in [3.05, 3.63) is 53.1 Å². The topological polar surface area (TPSA) is 39.7 Å². The van der Waals surface area contributed by atoms with Crippen LogP contribution in [0.15, 0.2) is 36.4 Å². The summed E-state index contributed by atoms with van der Waals surface area (Å²) < 4.78 is 16.3. The van der Waals surface area contributed by atoms with Gasteiger partial charge in [-0.3, -0.25) is 0 Å². The molecule has 0 fully saturated rings. The Morgan fingerprint density at radius 3 is 2.42 bits per heavy atom. The molecule has 0 saturated heterocycles. The number of hydrogen-bond donors (Lipinski definition) is 1. The standard InChI is InChI=1S/C20H25NO3/c1-22-18-12-20(24-3)19(23-2)11-15(18)13-21-17-10-6-8-14-7-4-5-9-16(14)17/h4-5,7,9,11-12,17,21H,6,8,10,13H2,1-3H3. The van der Waals surface area contributed by atoms with Gasteiger partial charge in [-0.25, -0.2) is 0 Å². The molecule has 0 aromatic heterocycles. The highest BCUT2D eigenvalue weighted by Gasteiger charge is 2.20. The summed E-state index contributed by atoms with van der Waals surface area (Å²) in [4.78, 5) is 0. The fraction of sp³-hybridized carbons (Fsp3) is 0.400. The van der Waals surface area contributed by atoms with Crippen LogP contribution in [0, 0.1) is 0 Å². The summed E-state index contributed by atoms with van der Waals surface area (Å²) in [5.41, 5.74) is 3.95. The van der Waals surface area contributed by atoms with E-state index in [4.69, 9.17) is 14.2 Å². The van der Waals surface area contributed by atoms with Crippen LogP contribution < -0.4 is 19.5 Å². The first-order valence-corrected chi connectivity index (χ1v) is 8.37. The van der Waals surface area contributed by atoms with Gasteiger partial charge >= 0.3 is 0 Å². The van der Waals surface area contributed by atoms with Gasteiger partial charge in [0.2, 0.25) is 0 Å². The predicted molar refractivity (Wildman–Crippen MR) is 95.1 cm³/mol. The van der Waals surface area contributed by atoms with Crippen molar-refractivity contribution >= 4 is 0 Å². The third kappa shape index (κ3) is 3.34. The van der Waals surface area contributed by atoms with Crippen LogP contribution in [0.1, 0.15) is 35.6 Å². The second-order valence-corrected chi connectivity index (χ2v) is 6.04. The Bertz CT molecular complexity index is 699. The van der Waals surface area contributed by atoms with Crippen LogP contribution in [-0.2, 0) is 13.0 Å². The van der Waals surface area contributed by atoms with Gasteiger partial charge in [0.05, 0.1) is 21.3 Å². The van der Waals surface area contributed by atoms with Gasteiger partial charge in [0.25, 0.3) is 0 Å². The third-order valence-corrected chi connectivity index (χ3v) is 4.69. The molecular weight excluding hydrogens is 302 g/mol. The molecule has 0 amide bonds. The summed E-state index contributed by atoms with van der Waals surface area (Å²) in [5, 5.41) is 3.68. The number of aryl methyl sites for hydroxylation is 1. The second kappa shape index (κ2) is 7.58. The lowest BCUT2D eigenvalue weighted by Gasteiger charge is -2.27. The van der Waals surface area contributed by atoms with Crippen LogP contribution in [0.25, 0.3) is 0 Å². The lowest BCUT2D eigenvalue weighted by molar-refractivity contribution is 0.346. The minimum atomic E-state index is 0.382. The van der Waals surface area contributed by atoms with Crippen molar-refractivity contribution in [3.63, 3.8) is 0 Å². The fourth-order valence-corrected chi connectivity index (χ4v) is 3.43. The fourth-order valence-electron chi connectivity index (χ4n) is 3.43. The molecule has 0 saturated carbocycles. The van der Waals surface area contributed by atoms with Gasteiger partial charge < -0.3 is 19.5 Å². The zero-order chi connectivity index (χ0) is 16.9. The maximum Gasteiger partial charge on any atom is 0.164 e. The molecule has 1 unspecified atom stereocenters. The van der Waals surface area contributed by atoms with Crippen LogP contribution in [0.2, 0.25) is 0 Å². The monoisotopic (exact) mass is 327 g/mol. The molecule has 3 rings (SSSR count). The summed E-state index contributed by atoms with van der Waals surface area (Å²) in [5.74, 6) is 2.21. The number of nitrogens with one attached hydrogen (secondary N) is 1. The number of methoxy groups -OCH3 is 3. The van der Waals surface area contributed by atoms with Crippen molar-refractivity contribution in [1.82, 2.24) is 5.32 Å². The zero-order valence-corrected chi connectivity index (χ0v) is 14.6. The van der Waals surface area contributed by atoms with Crippen molar-refractivity contribution in [2.75, 3.05) is 21.3 Å². The Balaban J connectivity index is 1.80. The molecule has 4 heteroatoms. The van der Waals surface area contributed by atoms with E-state index in [2.05, 4.69) is 29.6 Å². The molecule has 0 bridgehead atoms. The van der Waals surface area contributed by atoms with Gasteiger partial charge in [0.1, 0.15) is 5.75 Å². The van der Waals surface area contributed by atoms with Crippen LogP contribution in [0.5, 0.6) is 17.2 Å². The smallest absolute Gasteiger partial charge is 0.164 e. The van der Waals surface area contributed by atoms with Gasteiger partial charge in [-0.05, 0) is 36.5 Å². The molecule has 1 aliphatic carbocycles. The summed E-state index contributed by atoms with van der Waals surface area (Å²) in [6, 6.07) is 13.0. The Morgan fingerprint density at radius 1 is 0.958 bits per heavy atom. The number of rotatable bonds is 6. The molecule has 24 heavy (non-hydrogen) atoms. The summed E-state index contributed by atoms with van der Waals surface area (Å²) in [7, 11) is 4.97. The molecule has 2 aromatic carbocycles. The number of ether oxygens (including phenoxy) is 3. The Hall–Kier alpha value is -2.20. The molecule has 0 radical (unpaired) electrons. The summed E-state index contributed by atoms with van der Waals surface area (Å²) in [6.07, 6.45) is 3.55. The Labute approximate surface area is 143 Å².